The molecule has 1 aromatic heterocycles. The van der Waals surface area contributed by atoms with Gasteiger partial charge in [-0.25, -0.2) is 4.79 Å². The van der Waals surface area contributed by atoms with Gasteiger partial charge in [0.05, 0.1) is 11.6 Å². The minimum absolute atomic E-state index is 0.0432. The van der Waals surface area contributed by atoms with E-state index in [9.17, 15) is 9.59 Å². The third-order valence-corrected chi connectivity index (χ3v) is 4.59. The van der Waals surface area contributed by atoms with E-state index in [0.29, 0.717) is 16.5 Å². The van der Waals surface area contributed by atoms with Crippen molar-refractivity contribution in [1.82, 2.24) is 0 Å². The third-order valence-electron chi connectivity index (χ3n) is 3.45. The first kappa shape index (κ1) is 14.1. The highest BCUT2D eigenvalue weighted by molar-refractivity contribution is 7.18. The van der Waals surface area contributed by atoms with Crippen molar-refractivity contribution in [2.75, 3.05) is 11.9 Å². The zero-order valence-corrected chi connectivity index (χ0v) is 12.5. The number of hydrogen-bond donors (Lipinski definition) is 1. The van der Waals surface area contributed by atoms with E-state index in [4.69, 9.17) is 4.74 Å². The van der Waals surface area contributed by atoms with Gasteiger partial charge in [-0.3, -0.25) is 4.79 Å². The van der Waals surface area contributed by atoms with Gasteiger partial charge in [0, 0.05) is 5.92 Å². The van der Waals surface area contributed by atoms with Crippen LogP contribution in [0.1, 0.15) is 42.4 Å². The van der Waals surface area contributed by atoms with Crippen molar-refractivity contribution in [2.24, 2.45) is 11.3 Å². The maximum absolute atomic E-state index is 12.0. The molecule has 0 aromatic carbocycles. The lowest BCUT2D eigenvalue weighted by Crippen LogP contribution is -2.15. The SMILES string of the molecule is CCOC(=O)c1sc(NC(=O)C2CC2(C)C)cc1C. The van der Waals surface area contributed by atoms with Crippen molar-refractivity contribution < 1.29 is 14.3 Å². The molecule has 104 valence electrons. The van der Waals surface area contributed by atoms with Gasteiger partial charge in [0.1, 0.15) is 4.88 Å². The van der Waals surface area contributed by atoms with Gasteiger partial charge < -0.3 is 10.1 Å². The number of rotatable bonds is 4. The first-order chi connectivity index (χ1) is 8.85. The molecule has 0 aliphatic heterocycles. The van der Waals surface area contributed by atoms with Crippen LogP contribution in [0.25, 0.3) is 0 Å². The van der Waals surface area contributed by atoms with E-state index in [-0.39, 0.29) is 23.2 Å². The molecule has 1 amide bonds. The monoisotopic (exact) mass is 281 g/mol. The number of aryl methyl sites for hydroxylation is 1. The number of carbonyl (C=O) groups excluding carboxylic acids is 2. The van der Waals surface area contributed by atoms with Crippen LogP contribution in [0.5, 0.6) is 0 Å². The molecule has 0 saturated heterocycles. The van der Waals surface area contributed by atoms with Crippen LogP contribution >= 0.6 is 11.3 Å². The molecule has 1 aliphatic carbocycles. The fourth-order valence-electron chi connectivity index (χ4n) is 2.07. The molecule has 19 heavy (non-hydrogen) atoms. The molecule has 5 heteroatoms. The maximum Gasteiger partial charge on any atom is 0.348 e. The molecule has 1 saturated carbocycles. The number of carbonyl (C=O) groups is 2. The Balaban J connectivity index is 2.04. The van der Waals surface area contributed by atoms with Gasteiger partial charge in [0.15, 0.2) is 0 Å². The second-order valence-corrected chi connectivity index (χ2v) is 6.63. The number of esters is 1. The summed E-state index contributed by atoms with van der Waals surface area (Å²) in [5.41, 5.74) is 0.953. The van der Waals surface area contributed by atoms with E-state index in [1.165, 1.54) is 11.3 Å². The molecular weight excluding hydrogens is 262 g/mol. The van der Waals surface area contributed by atoms with Crippen molar-refractivity contribution in [3.05, 3.63) is 16.5 Å². The predicted octanol–water partition coefficient (Wildman–Crippen LogP) is 3.22. The molecule has 0 radical (unpaired) electrons. The zero-order chi connectivity index (χ0) is 14.2. The van der Waals surface area contributed by atoms with Crippen molar-refractivity contribution in [3.63, 3.8) is 0 Å². The van der Waals surface area contributed by atoms with Crippen molar-refractivity contribution >= 4 is 28.2 Å². The van der Waals surface area contributed by atoms with Crippen LogP contribution in [0.2, 0.25) is 0 Å². The summed E-state index contributed by atoms with van der Waals surface area (Å²) in [6, 6.07) is 1.82. The largest absolute Gasteiger partial charge is 0.462 e. The van der Waals surface area contributed by atoms with Crippen molar-refractivity contribution in [2.45, 2.75) is 34.1 Å². The van der Waals surface area contributed by atoms with Gasteiger partial charge in [0.2, 0.25) is 5.91 Å². The average molecular weight is 281 g/mol. The number of thiophene rings is 1. The zero-order valence-electron chi connectivity index (χ0n) is 11.7. The normalized spacial score (nSPS) is 19.9. The summed E-state index contributed by atoms with van der Waals surface area (Å²) in [4.78, 5) is 24.2. The predicted molar refractivity (Wildman–Crippen MR) is 75.5 cm³/mol. The third kappa shape index (κ3) is 2.97. The van der Waals surface area contributed by atoms with E-state index >= 15 is 0 Å². The molecule has 0 spiro atoms. The summed E-state index contributed by atoms with van der Waals surface area (Å²) in [5.74, 6) is -0.195. The fourth-order valence-corrected chi connectivity index (χ4v) is 3.04. The maximum atomic E-state index is 12.0. The van der Waals surface area contributed by atoms with Crippen LogP contribution in [0.4, 0.5) is 5.00 Å². The van der Waals surface area contributed by atoms with E-state index in [2.05, 4.69) is 19.2 Å². The minimum atomic E-state index is -0.322. The second-order valence-electron chi connectivity index (χ2n) is 5.58. The lowest BCUT2D eigenvalue weighted by atomic mass is 10.1. The number of amides is 1. The van der Waals surface area contributed by atoms with Crippen LogP contribution in [0, 0.1) is 18.3 Å². The Morgan fingerprint density at radius 2 is 2.16 bits per heavy atom. The lowest BCUT2D eigenvalue weighted by molar-refractivity contribution is -0.117. The Morgan fingerprint density at radius 3 is 2.68 bits per heavy atom. The summed E-state index contributed by atoms with van der Waals surface area (Å²) in [5, 5.41) is 3.61. The summed E-state index contributed by atoms with van der Waals surface area (Å²) in [7, 11) is 0. The highest BCUT2D eigenvalue weighted by Crippen LogP contribution is 2.52. The second kappa shape index (κ2) is 4.96. The molecule has 1 aromatic rings. The van der Waals surface area contributed by atoms with Gasteiger partial charge >= 0.3 is 5.97 Å². The molecule has 0 bridgehead atoms. The standard InChI is InChI=1S/C14H19NO3S/c1-5-18-13(17)11-8(2)6-10(19-11)15-12(16)9-7-14(9,3)4/h6,9H,5,7H2,1-4H3,(H,15,16). The van der Waals surface area contributed by atoms with Gasteiger partial charge in [0.25, 0.3) is 0 Å². The first-order valence-electron chi connectivity index (χ1n) is 6.43. The molecule has 1 unspecified atom stereocenters. The van der Waals surface area contributed by atoms with E-state index < -0.39 is 0 Å². The Bertz CT molecular complexity index is 519. The topological polar surface area (TPSA) is 55.4 Å². The average Bonchev–Trinajstić information content (AvgIpc) is 2.78. The van der Waals surface area contributed by atoms with Crippen LogP contribution in [0.15, 0.2) is 6.07 Å². The molecule has 1 heterocycles. The van der Waals surface area contributed by atoms with Gasteiger partial charge in [-0.05, 0) is 37.3 Å². The minimum Gasteiger partial charge on any atom is -0.462 e. The number of anilines is 1. The van der Waals surface area contributed by atoms with E-state index in [1.807, 2.05) is 13.0 Å². The summed E-state index contributed by atoms with van der Waals surface area (Å²) < 4.78 is 4.98. The van der Waals surface area contributed by atoms with Crippen molar-refractivity contribution in [1.29, 1.82) is 0 Å². The molecular formula is C14H19NO3S. The number of ether oxygens (including phenoxy) is 1. The van der Waals surface area contributed by atoms with Crippen LogP contribution in [-0.4, -0.2) is 18.5 Å². The lowest BCUT2D eigenvalue weighted by Gasteiger charge is -2.03. The molecule has 1 aliphatic rings. The number of hydrogen-bond acceptors (Lipinski definition) is 4. The van der Waals surface area contributed by atoms with E-state index in [0.717, 1.165) is 12.0 Å². The molecule has 1 fully saturated rings. The van der Waals surface area contributed by atoms with Gasteiger partial charge in [-0.2, -0.15) is 0 Å². The van der Waals surface area contributed by atoms with Crippen LogP contribution in [0.3, 0.4) is 0 Å². The first-order valence-corrected chi connectivity index (χ1v) is 7.25. The quantitative estimate of drug-likeness (QED) is 0.862. The summed E-state index contributed by atoms with van der Waals surface area (Å²) in [6.07, 6.45) is 0.925. The molecule has 1 atom stereocenters. The van der Waals surface area contributed by atoms with Crippen LogP contribution in [-0.2, 0) is 9.53 Å². The summed E-state index contributed by atoms with van der Waals surface area (Å²) >= 11 is 1.27. The fraction of sp³-hybridized carbons (Fsp3) is 0.571. The molecule has 1 N–H and O–H groups in total. The van der Waals surface area contributed by atoms with Gasteiger partial charge in [-0.1, -0.05) is 13.8 Å². The Labute approximate surface area is 117 Å². The van der Waals surface area contributed by atoms with Crippen molar-refractivity contribution in [3.8, 4) is 0 Å². The smallest absolute Gasteiger partial charge is 0.348 e. The number of nitrogens with one attached hydrogen (secondary N) is 1. The Morgan fingerprint density at radius 1 is 1.53 bits per heavy atom. The van der Waals surface area contributed by atoms with Gasteiger partial charge in [-0.15, -0.1) is 11.3 Å². The highest BCUT2D eigenvalue weighted by Gasteiger charge is 2.50. The Hall–Kier alpha value is -1.36. The molecule has 4 nitrogen and oxygen atoms in total. The van der Waals surface area contributed by atoms with Crippen LogP contribution < -0.4 is 5.32 Å². The highest BCUT2D eigenvalue weighted by atomic mass is 32.1. The Kier molecular flexibility index (Phi) is 3.67. The van der Waals surface area contributed by atoms with E-state index in [1.54, 1.807) is 6.92 Å². The molecule has 2 rings (SSSR count). The summed E-state index contributed by atoms with van der Waals surface area (Å²) in [6.45, 7) is 8.15.